The third kappa shape index (κ3) is 7.63. The molecular weight excluding hydrogens is 427 g/mol. The molecule has 0 aromatic heterocycles. The Labute approximate surface area is 168 Å². The Morgan fingerprint density at radius 3 is 2.48 bits per heavy atom. The fraction of sp³-hybridized carbons (Fsp3) is 0.579. The Morgan fingerprint density at radius 2 is 1.88 bits per heavy atom. The van der Waals surface area contributed by atoms with E-state index in [0.29, 0.717) is 0 Å². The summed E-state index contributed by atoms with van der Waals surface area (Å²) in [6, 6.07) is 10.7. The van der Waals surface area contributed by atoms with E-state index in [1.807, 2.05) is 6.92 Å². The van der Waals surface area contributed by atoms with Crippen LogP contribution >= 0.6 is 24.0 Å². The van der Waals surface area contributed by atoms with Crippen LogP contribution in [0.2, 0.25) is 0 Å². The lowest BCUT2D eigenvalue weighted by Crippen LogP contribution is -2.48. The van der Waals surface area contributed by atoms with E-state index in [9.17, 15) is 4.79 Å². The molecule has 1 fully saturated rings. The highest BCUT2D eigenvalue weighted by Gasteiger charge is 2.21. The van der Waals surface area contributed by atoms with Gasteiger partial charge in [-0.15, -0.1) is 24.0 Å². The number of halogens is 1. The smallest absolute Gasteiger partial charge is 0.239 e. The molecule has 1 heterocycles. The largest absolute Gasteiger partial charge is 0.355 e. The summed E-state index contributed by atoms with van der Waals surface area (Å²) < 4.78 is 0. The molecule has 2 N–H and O–H groups in total. The second kappa shape index (κ2) is 12.1. The standard InChI is InChI=1S/C19H30N4O.HI/c1-3-11-21-18(24)15-22-19(20-2)23-12-9-17(10-13-23)14-16-7-5-4-6-8-16;/h4-8,17H,3,9-15H2,1-2H3,(H,20,22)(H,21,24);1H. The van der Waals surface area contributed by atoms with Crippen LogP contribution in [-0.2, 0) is 11.2 Å². The molecule has 2 rings (SSSR count). The van der Waals surface area contributed by atoms with Crippen molar-refractivity contribution in [3.63, 3.8) is 0 Å². The van der Waals surface area contributed by atoms with Crippen LogP contribution in [0.4, 0.5) is 0 Å². The van der Waals surface area contributed by atoms with E-state index in [1.165, 1.54) is 5.56 Å². The lowest BCUT2D eigenvalue weighted by atomic mass is 9.90. The molecule has 0 bridgehead atoms. The van der Waals surface area contributed by atoms with Crippen LogP contribution in [0.25, 0.3) is 0 Å². The first-order chi connectivity index (χ1) is 11.7. The third-order valence-electron chi connectivity index (χ3n) is 4.47. The monoisotopic (exact) mass is 458 g/mol. The van der Waals surface area contributed by atoms with Gasteiger partial charge in [0.2, 0.25) is 5.91 Å². The number of guanidine groups is 1. The summed E-state index contributed by atoms with van der Waals surface area (Å²) in [7, 11) is 1.78. The molecule has 0 saturated carbocycles. The van der Waals surface area contributed by atoms with Crippen molar-refractivity contribution in [1.82, 2.24) is 15.5 Å². The van der Waals surface area contributed by atoms with Crippen LogP contribution in [0.15, 0.2) is 35.3 Å². The number of rotatable bonds is 6. The molecule has 1 saturated heterocycles. The second-order valence-corrected chi connectivity index (χ2v) is 6.37. The fourth-order valence-electron chi connectivity index (χ4n) is 3.11. The van der Waals surface area contributed by atoms with Crippen molar-refractivity contribution >= 4 is 35.8 Å². The van der Waals surface area contributed by atoms with E-state index in [-0.39, 0.29) is 36.4 Å². The van der Waals surface area contributed by atoms with Crippen molar-refractivity contribution in [2.75, 3.05) is 33.2 Å². The van der Waals surface area contributed by atoms with E-state index in [1.54, 1.807) is 7.05 Å². The summed E-state index contributed by atoms with van der Waals surface area (Å²) in [5, 5.41) is 6.05. The lowest BCUT2D eigenvalue weighted by Gasteiger charge is -2.34. The molecule has 6 heteroatoms. The topological polar surface area (TPSA) is 56.7 Å². The Balaban J connectivity index is 0.00000312. The molecule has 1 aromatic rings. The molecule has 1 amide bonds. The predicted octanol–water partition coefficient (Wildman–Crippen LogP) is 2.66. The highest BCUT2D eigenvalue weighted by atomic mass is 127. The Kier molecular flexibility index (Phi) is 10.5. The number of hydrogen-bond acceptors (Lipinski definition) is 2. The van der Waals surface area contributed by atoms with Crippen molar-refractivity contribution in [3.05, 3.63) is 35.9 Å². The minimum absolute atomic E-state index is 0. The van der Waals surface area contributed by atoms with Gasteiger partial charge in [0.15, 0.2) is 5.96 Å². The molecule has 0 unspecified atom stereocenters. The first-order valence-corrected chi connectivity index (χ1v) is 8.99. The zero-order chi connectivity index (χ0) is 17.2. The Bertz CT molecular complexity index is 527. The maximum absolute atomic E-state index is 11.7. The second-order valence-electron chi connectivity index (χ2n) is 6.37. The van der Waals surface area contributed by atoms with Crippen LogP contribution in [0.5, 0.6) is 0 Å². The van der Waals surface area contributed by atoms with Gasteiger partial charge in [0.05, 0.1) is 6.54 Å². The highest BCUT2D eigenvalue weighted by molar-refractivity contribution is 14.0. The average Bonchev–Trinajstić information content (AvgIpc) is 2.62. The van der Waals surface area contributed by atoms with Gasteiger partial charge in [0.25, 0.3) is 0 Å². The van der Waals surface area contributed by atoms with E-state index >= 15 is 0 Å². The normalized spacial score (nSPS) is 15.4. The Morgan fingerprint density at radius 1 is 1.20 bits per heavy atom. The first kappa shape index (κ1) is 21.7. The summed E-state index contributed by atoms with van der Waals surface area (Å²) in [6.45, 7) is 5.05. The van der Waals surface area contributed by atoms with Gasteiger partial charge in [-0.25, -0.2) is 0 Å². The molecule has 0 radical (unpaired) electrons. The van der Waals surface area contributed by atoms with Gasteiger partial charge in [-0.05, 0) is 37.2 Å². The number of benzene rings is 1. The number of nitrogens with zero attached hydrogens (tertiary/aromatic N) is 2. The van der Waals surface area contributed by atoms with E-state index in [2.05, 4.69) is 50.9 Å². The van der Waals surface area contributed by atoms with Crippen molar-refractivity contribution in [2.45, 2.75) is 32.6 Å². The molecule has 0 spiro atoms. The summed E-state index contributed by atoms with van der Waals surface area (Å²) in [5.74, 6) is 1.59. The SMILES string of the molecule is CCCNC(=O)CNC(=NC)N1CCC(Cc2ccccc2)CC1.I. The number of likely N-dealkylation sites (tertiary alicyclic amines) is 1. The molecule has 25 heavy (non-hydrogen) atoms. The predicted molar refractivity (Wildman–Crippen MR) is 115 cm³/mol. The highest BCUT2D eigenvalue weighted by Crippen LogP contribution is 2.21. The summed E-state index contributed by atoms with van der Waals surface area (Å²) in [4.78, 5) is 18.3. The molecule has 1 aromatic carbocycles. The van der Waals surface area contributed by atoms with Gasteiger partial charge >= 0.3 is 0 Å². The summed E-state index contributed by atoms with van der Waals surface area (Å²) in [5.41, 5.74) is 1.42. The van der Waals surface area contributed by atoms with Crippen molar-refractivity contribution in [2.24, 2.45) is 10.9 Å². The number of hydrogen-bond donors (Lipinski definition) is 2. The summed E-state index contributed by atoms with van der Waals surface area (Å²) in [6.07, 6.45) is 4.44. The van der Waals surface area contributed by atoms with Crippen molar-refractivity contribution in [3.8, 4) is 0 Å². The zero-order valence-electron chi connectivity index (χ0n) is 15.3. The number of carbonyl (C=O) groups excluding carboxylic acids is 1. The van der Waals surface area contributed by atoms with Crippen LogP contribution in [0.1, 0.15) is 31.7 Å². The van der Waals surface area contributed by atoms with Gasteiger partial charge in [0.1, 0.15) is 0 Å². The molecule has 1 aliphatic heterocycles. The molecule has 0 aliphatic carbocycles. The number of carbonyl (C=O) groups is 1. The van der Waals surface area contributed by atoms with Gasteiger partial charge in [-0.2, -0.15) is 0 Å². The number of aliphatic imine (C=N–C) groups is 1. The van der Waals surface area contributed by atoms with Crippen LogP contribution in [-0.4, -0.2) is 50.0 Å². The number of piperidine rings is 1. The molecule has 5 nitrogen and oxygen atoms in total. The summed E-state index contributed by atoms with van der Waals surface area (Å²) >= 11 is 0. The molecule has 140 valence electrons. The minimum Gasteiger partial charge on any atom is -0.355 e. The van der Waals surface area contributed by atoms with Gasteiger partial charge in [0, 0.05) is 26.7 Å². The van der Waals surface area contributed by atoms with Crippen LogP contribution in [0, 0.1) is 5.92 Å². The van der Waals surface area contributed by atoms with Crippen molar-refractivity contribution in [1.29, 1.82) is 0 Å². The fourth-order valence-corrected chi connectivity index (χ4v) is 3.11. The van der Waals surface area contributed by atoms with E-state index in [4.69, 9.17) is 0 Å². The Hall–Kier alpha value is -1.31. The van der Waals surface area contributed by atoms with Gasteiger partial charge in [-0.1, -0.05) is 37.3 Å². The minimum atomic E-state index is 0. The van der Waals surface area contributed by atoms with E-state index in [0.717, 1.165) is 57.2 Å². The lowest BCUT2D eigenvalue weighted by molar-refractivity contribution is -0.120. The van der Waals surface area contributed by atoms with Crippen LogP contribution in [0.3, 0.4) is 0 Å². The maximum Gasteiger partial charge on any atom is 0.239 e. The first-order valence-electron chi connectivity index (χ1n) is 8.99. The maximum atomic E-state index is 11.7. The number of nitrogens with one attached hydrogen (secondary N) is 2. The third-order valence-corrected chi connectivity index (χ3v) is 4.47. The zero-order valence-corrected chi connectivity index (χ0v) is 17.7. The average molecular weight is 458 g/mol. The van der Waals surface area contributed by atoms with Gasteiger partial charge in [-0.3, -0.25) is 9.79 Å². The van der Waals surface area contributed by atoms with E-state index < -0.39 is 0 Å². The van der Waals surface area contributed by atoms with Gasteiger partial charge < -0.3 is 15.5 Å². The molecular formula is C19H31IN4O. The quantitative estimate of drug-likeness (QED) is 0.392. The van der Waals surface area contributed by atoms with Crippen molar-refractivity contribution < 1.29 is 4.79 Å². The molecule has 0 atom stereocenters. The molecule has 1 aliphatic rings. The number of amides is 1. The van der Waals surface area contributed by atoms with Crippen LogP contribution < -0.4 is 10.6 Å².